The van der Waals surface area contributed by atoms with Crippen LogP contribution in [0.25, 0.3) is 11.0 Å². The molecule has 28 heavy (non-hydrogen) atoms. The molecule has 0 aliphatic carbocycles. The summed E-state index contributed by atoms with van der Waals surface area (Å²) >= 11 is 1.62. The van der Waals surface area contributed by atoms with Crippen molar-refractivity contribution < 1.29 is 9.59 Å². The molecule has 1 fully saturated rings. The second-order valence-corrected chi connectivity index (χ2v) is 7.92. The Bertz CT molecular complexity index is 966. The van der Waals surface area contributed by atoms with E-state index in [4.69, 9.17) is 5.73 Å². The number of hydrogen-bond acceptors (Lipinski definition) is 4. The molecule has 0 saturated carbocycles. The van der Waals surface area contributed by atoms with Gasteiger partial charge in [0, 0.05) is 17.9 Å². The van der Waals surface area contributed by atoms with Gasteiger partial charge in [-0.3, -0.25) is 9.59 Å². The lowest BCUT2D eigenvalue weighted by Crippen LogP contribution is -2.50. The van der Waals surface area contributed by atoms with E-state index >= 15 is 0 Å². The first kappa shape index (κ1) is 18.6. The van der Waals surface area contributed by atoms with Crippen LogP contribution in [0.2, 0.25) is 0 Å². The van der Waals surface area contributed by atoms with E-state index in [1.807, 2.05) is 48.5 Å². The van der Waals surface area contributed by atoms with E-state index in [1.54, 1.807) is 16.7 Å². The summed E-state index contributed by atoms with van der Waals surface area (Å²) in [5, 5.41) is 0.874. The van der Waals surface area contributed by atoms with E-state index in [9.17, 15) is 9.59 Å². The van der Waals surface area contributed by atoms with Gasteiger partial charge in [-0.1, -0.05) is 36.0 Å². The summed E-state index contributed by atoms with van der Waals surface area (Å²) < 4.78 is 0. The highest BCUT2D eigenvalue weighted by atomic mass is 32.2. The summed E-state index contributed by atoms with van der Waals surface area (Å²) in [4.78, 5) is 33.9. The number of rotatable bonds is 5. The maximum absolute atomic E-state index is 12.8. The number of H-pyrrole nitrogens is 1. The largest absolute Gasteiger partial charge is 0.368 e. The molecule has 0 radical (unpaired) electrons. The van der Waals surface area contributed by atoms with Gasteiger partial charge in [-0.2, -0.15) is 0 Å². The van der Waals surface area contributed by atoms with Crippen LogP contribution in [0.15, 0.2) is 53.7 Å². The molecule has 7 heteroatoms. The minimum atomic E-state index is -0.496. The fourth-order valence-corrected chi connectivity index (χ4v) is 4.37. The van der Waals surface area contributed by atoms with Crippen molar-refractivity contribution in [3.05, 3.63) is 59.7 Å². The summed E-state index contributed by atoms with van der Waals surface area (Å²) in [6.07, 6.45) is 2.48. The molecule has 1 aliphatic rings. The molecule has 144 valence electrons. The first-order valence-electron chi connectivity index (χ1n) is 9.38. The van der Waals surface area contributed by atoms with Crippen LogP contribution in [-0.4, -0.2) is 39.3 Å². The lowest BCUT2D eigenvalue weighted by atomic mass is 10.00. The van der Waals surface area contributed by atoms with Crippen molar-refractivity contribution in [2.75, 3.05) is 6.54 Å². The van der Waals surface area contributed by atoms with Gasteiger partial charge < -0.3 is 15.6 Å². The van der Waals surface area contributed by atoms with Crippen LogP contribution in [0.5, 0.6) is 0 Å². The average molecular weight is 395 g/mol. The summed E-state index contributed by atoms with van der Waals surface area (Å²) in [7, 11) is 0. The minimum absolute atomic E-state index is 0.125. The second-order valence-electron chi connectivity index (χ2n) is 6.96. The van der Waals surface area contributed by atoms with Crippen LogP contribution < -0.4 is 5.73 Å². The van der Waals surface area contributed by atoms with Crippen molar-refractivity contribution in [1.29, 1.82) is 0 Å². The molecule has 1 saturated heterocycles. The number of piperidine rings is 1. The molecule has 6 nitrogen and oxygen atoms in total. The summed E-state index contributed by atoms with van der Waals surface area (Å²) in [6, 6.07) is 15.0. The highest BCUT2D eigenvalue weighted by Gasteiger charge is 2.31. The molecular weight excluding hydrogens is 372 g/mol. The van der Waals surface area contributed by atoms with Gasteiger partial charge in [-0.15, -0.1) is 0 Å². The minimum Gasteiger partial charge on any atom is -0.368 e. The normalized spacial score (nSPS) is 17.0. The zero-order valence-corrected chi connectivity index (χ0v) is 16.2. The molecule has 0 bridgehead atoms. The number of aromatic nitrogens is 2. The predicted octanol–water partition coefficient (Wildman–Crippen LogP) is 3.34. The van der Waals surface area contributed by atoms with E-state index in [0.29, 0.717) is 18.5 Å². The van der Waals surface area contributed by atoms with Crippen LogP contribution >= 0.6 is 11.8 Å². The number of benzene rings is 2. The number of amides is 2. The number of imidazole rings is 1. The van der Waals surface area contributed by atoms with Crippen LogP contribution in [-0.2, 0) is 10.5 Å². The lowest BCUT2D eigenvalue weighted by Gasteiger charge is -2.33. The number of thioether (sulfide) groups is 1. The van der Waals surface area contributed by atoms with Crippen molar-refractivity contribution in [3.63, 3.8) is 0 Å². The maximum atomic E-state index is 12.8. The fourth-order valence-electron chi connectivity index (χ4n) is 3.53. The zero-order valence-electron chi connectivity index (χ0n) is 15.4. The molecule has 1 aromatic heterocycles. The molecule has 2 heterocycles. The third-order valence-corrected chi connectivity index (χ3v) is 5.98. The van der Waals surface area contributed by atoms with E-state index < -0.39 is 11.9 Å². The number of aromatic amines is 1. The summed E-state index contributed by atoms with van der Waals surface area (Å²) in [5.74, 6) is 0.203. The van der Waals surface area contributed by atoms with Gasteiger partial charge in [0.1, 0.15) is 6.04 Å². The van der Waals surface area contributed by atoms with Gasteiger partial charge in [0.15, 0.2) is 5.16 Å². The number of primary amides is 1. The number of fused-ring (bicyclic) bond motifs is 1. The van der Waals surface area contributed by atoms with Crippen molar-refractivity contribution >= 4 is 34.6 Å². The molecule has 3 N–H and O–H groups in total. The SMILES string of the molecule is NC(=O)C1CCCCN1C(=O)c1ccc(CSc2nc3ccccc3[nH]2)cc1. The third-order valence-electron chi connectivity index (χ3n) is 5.04. The van der Waals surface area contributed by atoms with Gasteiger partial charge >= 0.3 is 0 Å². The Labute approximate surface area is 167 Å². The van der Waals surface area contributed by atoms with E-state index in [1.165, 1.54) is 0 Å². The first-order chi connectivity index (χ1) is 13.6. The van der Waals surface area contributed by atoms with Gasteiger partial charge in [0.2, 0.25) is 5.91 Å². The van der Waals surface area contributed by atoms with Crippen LogP contribution in [0.4, 0.5) is 0 Å². The maximum Gasteiger partial charge on any atom is 0.254 e. The van der Waals surface area contributed by atoms with Crippen molar-refractivity contribution in [2.24, 2.45) is 5.73 Å². The van der Waals surface area contributed by atoms with Gasteiger partial charge in [0.25, 0.3) is 5.91 Å². The standard InChI is InChI=1S/C21H22N4O2S/c22-19(26)18-7-3-4-12-25(18)20(27)15-10-8-14(9-11-15)13-28-21-23-16-5-1-2-6-17(16)24-21/h1-2,5-6,8-11,18H,3-4,7,12-13H2,(H2,22,26)(H,23,24). The third kappa shape index (κ3) is 3.89. The van der Waals surface area contributed by atoms with Gasteiger partial charge in [-0.05, 0) is 49.1 Å². The monoisotopic (exact) mass is 394 g/mol. The summed E-state index contributed by atoms with van der Waals surface area (Å²) in [5.41, 5.74) is 9.15. The highest BCUT2D eigenvalue weighted by molar-refractivity contribution is 7.98. The Morgan fingerprint density at radius 2 is 1.93 bits per heavy atom. The molecule has 1 unspecified atom stereocenters. The van der Waals surface area contributed by atoms with E-state index in [0.717, 1.165) is 40.3 Å². The average Bonchev–Trinajstić information content (AvgIpc) is 3.15. The van der Waals surface area contributed by atoms with E-state index in [2.05, 4.69) is 9.97 Å². The second kappa shape index (κ2) is 8.06. The fraction of sp³-hybridized carbons (Fsp3) is 0.286. The molecule has 1 aliphatic heterocycles. The number of nitrogens with one attached hydrogen (secondary N) is 1. The Hall–Kier alpha value is -2.80. The number of hydrogen-bond donors (Lipinski definition) is 2. The number of carbonyl (C=O) groups is 2. The van der Waals surface area contributed by atoms with Gasteiger partial charge in [-0.25, -0.2) is 4.98 Å². The highest BCUT2D eigenvalue weighted by Crippen LogP contribution is 2.24. The Kier molecular flexibility index (Phi) is 5.34. The quantitative estimate of drug-likeness (QED) is 0.649. The smallest absolute Gasteiger partial charge is 0.254 e. The number of nitrogens with two attached hydrogens (primary N) is 1. The Morgan fingerprint density at radius 3 is 2.68 bits per heavy atom. The zero-order chi connectivity index (χ0) is 19.5. The topological polar surface area (TPSA) is 92.1 Å². The summed E-state index contributed by atoms with van der Waals surface area (Å²) in [6.45, 7) is 0.579. The van der Waals surface area contributed by atoms with Crippen LogP contribution in [0.3, 0.4) is 0 Å². The molecule has 0 spiro atoms. The molecule has 2 aromatic carbocycles. The van der Waals surface area contributed by atoms with Crippen LogP contribution in [0.1, 0.15) is 35.2 Å². The predicted molar refractivity (Wildman–Crippen MR) is 110 cm³/mol. The Morgan fingerprint density at radius 1 is 1.14 bits per heavy atom. The first-order valence-corrected chi connectivity index (χ1v) is 10.4. The number of carbonyl (C=O) groups excluding carboxylic acids is 2. The van der Waals surface area contributed by atoms with Crippen molar-refractivity contribution in [2.45, 2.75) is 36.2 Å². The van der Waals surface area contributed by atoms with E-state index in [-0.39, 0.29) is 5.91 Å². The molecule has 1 atom stereocenters. The van der Waals surface area contributed by atoms with Crippen molar-refractivity contribution in [1.82, 2.24) is 14.9 Å². The Balaban J connectivity index is 1.41. The molecular formula is C21H22N4O2S. The van der Waals surface area contributed by atoms with Crippen LogP contribution in [0, 0.1) is 0 Å². The number of likely N-dealkylation sites (tertiary alicyclic amines) is 1. The number of nitrogens with zero attached hydrogens (tertiary/aromatic N) is 2. The molecule has 3 aromatic rings. The van der Waals surface area contributed by atoms with Crippen molar-refractivity contribution in [3.8, 4) is 0 Å². The van der Waals surface area contributed by atoms with Gasteiger partial charge in [0.05, 0.1) is 11.0 Å². The lowest BCUT2D eigenvalue weighted by molar-refractivity contribution is -0.123. The number of para-hydroxylation sites is 2. The molecule has 4 rings (SSSR count). The molecule has 2 amide bonds.